The molecule has 1 rings (SSSR count). The fraction of sp³-hybridized carbons (Fsp3) is 0.333. The predicted octanol–water partition coefficient (Wildman–Crippen LogP) is 1.70. The van der Waals surface area contributed by atoms with Gasteiger partial charge in [0.05, 0.1) is 23.7 Å². The third kappa shape index (κ3) is 4.68. The summed E-state index contributed by atoms with van der Waals surface area (Å²) in [6.07, 6.45) is -4.32. The van der Waals surface area contributed by atoms with Crippen molar-refractivity contribution in [1.29, 1.82) is 5.26 Å². The molecule has 1 aromatic rings. The van der Waals surface area contributed by atoms with Gasteiger partial charge in [-0.1, -0.05) is 0 Å². The van der Waals surface area contributed by atoms with E-state index in [4.69, 9.17) is 15.7 Å². The highest BCUT2D eigenvalue weighted by atomic mass is 19.4. The highest BCUT2D eigenvalue weighted by Gasteiger charge is 2.30. The molecule has 0 heterocycles. The molecule has 0 unspecified atom stereocenters. The van der Waals surface area contributed by atoms with Crippen LogP contribution in [0.15, 0.2) is 18.2 Å². The van der Waals surface area contributed by atoms with Crippen molar-refractivity contribution in [3.8, 4) is 11.8 Å². The summed E-state index contributed by atoms with van der Waals surface area (Å²) >= 11 is 0. The second kappa shape index (κ2) is 6.65. The van der Waals surface area contributed by atoms with Gasteiger partial charge >= 0.3 is 6.18 Å². The van der Waals surface area contributed by atoms with Gasteiger partial charge < -0.3 is 15.8 Å². The minimum atomic E-state index is -4.48. The Bertz CT molecular complexity index is 524. The Hall–Kier alpha value is -2.43. The minimum Gasteiger partial charge on any atom is -0.482 e. The molecule has 0 aromatic heterocycles. The number of halogens is 3. The number of nitrogen functional groups attached to an aromatic ring is 1. The summed E-state index contributed by atoms with van der Waals surface area (Å²) in [5.41, 5.74) is 4.33. The van der Waals surface area contributed by atoms with Gasteiger partial charge in [0.15, 0.2) is 6.61 Å². The Kier molecular flexibility index (Phi) is 5.20. The normalized spacial score (nSPS) is 10.7. The quantitative estimate of drug-likeness (QED) is 0.637. The number of alkyl halides is 3. The van der Waals surface area contributed by atoms with E-state index in [1.807, 2.05) is 6.07 Å². The Morgan fingerprint density at radius 2 is 2.15 bits per heavy atom. The smallest absolute Gasteiger partial charge is 0.416 e. The lowest BCUT2D eigenvalue weighted by Gasteiger charge is -2.12. The largest absolute Gasteiger partial charge is 0.482 e. The summed E-state index contributed by atoms with van der Waals surface area (Å²) in [7, 11) is 0. The number of ether oxygens (including phenoxy) is 1. The van der Waals surface area contributed by atoms with E-state index in [0.29, 0.717) is 0 Å². The molecule has 20 heavy (non-hydrogen) atoms. The number of nitrogens with one attached hydrogen (secondary N) is 1. The first-order valence-electron chi connectivity index (χ1n) is 5.57. The molecule has 8 heteroatoms. The lowest BCUT2D eigenvalue weighted by molar-refractivity contribution is -0.137. The number of carbonyl (C=O) groups excluding carboxylic acids is 1. The number of benzene rings is 1. The summed E-state index contributed by atoms with van der Waals surface area (Å²) in [6, 6.07) is 4.46. The lowest BCUT2D eigenvalue weighted by Crippen LogP contribution is -2.29. The summed E-state index contributed by atoms with van der Waals surface area (Å²) in [6.45, 7) is -0.206. The zero-order chi connectivity index (χ0) is 15.2. The Balaban J connectivity index is 2.57. The summed E-state index contributed by atoms with van der Waals surface area (Å²) < 4.78 is 42.2. The van der Waals surface area contributed by atoms with E-state index in [-0.39, 0.29) is 31.0 Å². The van der Waals surface area contributed by atoms with Crippen molar-refractivity contribution in [2.24, 2.45) is 0 Å². The zero-order valence-corrected chi connectivity index (χ0v) is 10.3. The lowest BCUT2D eigenvalue weighted by atomic mass is 10.2. The molecule has 0 aliphatic carbocycles. The topological polar surface area (TPSA) is 88.1 Å². The molecule has 0 fully saturated rings. The van der Waals surface area contributed by atoms with Crippen LogP contribution in [0.4, 0.5) is 18.9 Å². The number of carbonyl (C=O) groups is 1. The second-order valence-corrected chi connectivity index (χ2v) is 3.80. The molecule has 0 saturated heterocycles. The van der Waals surface area contributed by atoms with E-state index in [1.54, 1.807) is 0 Å². The average Bonchev–Trinajstić information content (AvgIpc) is 2.36. The molecule has 1 amide bonds. The molecule has 0 radical (unpaired) electrons. The monoisotopic (exact) mass is 287 g/mol. The van der Waals surface area contributed by atoms with Gasteiger partial charge in [-0.15, -0.1) is 0 Å². The van der Waals surface area contributed by atoms with E-state index in [0.717, 1.165) is 18.2 Å². The van der Waals surface area contributed by atoms with Crippen molar-refractivity contribution in [2.75, 3.05) is 18.9 Å². The first-order chi connectivity index (χ1) is 9.34. The molecule has 0 atom stereocenters. The maximum atomic E-state index is 12.4. The molecule has 0 aliphatic rings. The molecule has 0 aliphatic heterocycles. The van der Waals surface area contributed by atoms with E-state index in [2.05, 4.69) is 5.32 Å². The molecule has 0 saturated carbocycles. The van der Waals surface area contributed by atoms with Crippen molar-refractivity contribution in [3.63, 3.8) is 0 Å². The number of amides is 1. The summed E-state index contributed by atoms with van der Waals surface area (Å²) in [5.74, 6) is -0.493. The van der Waals surface area contributed by atoms with Crippen LogP contribution in [0.25, 0.3) is 0 Å². The van der Waals surface area contributed by atoms with Gasteiger partial charge in [0, 0.05) is 6.54 Å². The maximum Gasteiger partial charge on any atom is 0.416 e. The van der Waals surface area contributed by atoms with Crippen LogP contribution in [-0.2, 0) is 11.0 Å². The molecular weight excluding hydrogens is 275 g/mol. The number of nitrogens with two attached hydrogens (primary N) is 1. The molecule has 1 aromatic carbocycles. The van der Waals surface area contributed by atoms with Crippen molar-refractivity contribution >= 4 is 11.6 Å². The minimum absolute atomic E-state index is 0.00608. The number of hydrogen-bond donors (Lipinski definition) is 2. The van der Waals surface area contributed by atoms with Gasteiger partial charge in [0.1, 0.15) is 5.75 Å². The molecule has 108 valence electrons. The van der Waals surface area contributed by atoms with Crippen molar-refractivity contribution in [3.05, 3.63) is 23.8 Å². The van der Waals surface area contributed by atoms with Gasteiger partial charge in [-0.25, -0.2) is 0 Å². The van der Waals surface area contributed by atoms with E-state index >= 15 is 0 Å². The first kappa shape index (κ1) is 15.6. The Morgan fingerprint density at radius 1 is 1.45 bits per heavy atom. The van der Waals surface area contributed by atoms with Crippen molar-refractivity contribution in [2.45, 2.75) is 12.6 Å². The fourth-order valence-corrected chi connectivity index (χ4v) is 1.31. The van der Waals surface area contributed by atoms with E-state index < -0.39 is 17.6 Å². The summed E-state index contributed by atoms with van der Waals surface area (Å²) in [4.78, 5) is 11.3. The number of rotatable bonds is 5. The Morgan fingerprint density at radius 3 is 2.70 bits per heavy atom. The number of hydrogen-bond acceptors (Lipinski definition) is 4. The second-order valence-electron chi connectivity index (χ2n) is 3.80. The third-order valence-electron chi connectivity index (χ3n) is 2.25. The fourth-order valence-electron chi connectivity index (χ4n) is 1.31. The molecule has 0 spiro atoms. The van der Waals surface area contributed by atoms with Gasteiger partial charge in [-0.05, 0) is 18.2 Å². The third-order valence-corrected chi connectivity index (χ3v) is 2.25. The van der Waals surface area contributed by atoms with Crippen LogP contribution in [0.2, 0.25) is 0 Å². The molecule has 5 nitrogen and oxygen atoms in total. The van der Waals surface area contributed by atoms with Gasteiger partial charge in [-0.3, -0.25) is 4.79 Å². The molecule has 3 N–H and O–H groups in total. The highest BCUT2D eigenvalue weighted by Crippen LogP contribution is 2.33. The van der Waals surface area contributed by atoms with Crippen LogP contribution >= 0.6 is 0 Å². The van der Waals surface area contributed by atoms with E-state index in [1.165, 1.54) is 0 Å². The van der Waals surface area contributed by atoms with Crippen molar-refractivity contribution < 1.29 is 22.7 Å². The number of anilines is 1. The van der Waals surface area contributed by atoms with Crippen LogP contribution in [0.5, 0.6) is 5.75 Å². The first-order valence-corrected chi connectivity index (χ1v) is 5.57. The highest BCUT2D eigenvalue weighted by molar-refractivity contribution is 5.77. The number of nitriles is 1. The van der Waals surface area contributed by atoms with Crippen molar-refractivity contribution in [1.82, 2.24) is 5.32 Å². The van der Waals surface area contributed by atoms with Gasteiger partial charge in [0.2, 0.25) is 0 Å². The summed E-state index contributed by atoms with van der Waals surface area (Å²) in [5, 5.41) is 10.7. The van der Waals surface area contributed by atoms with Crippen LogP contribution in [0, 0.1) is 11.3 Å². The van der Waals surface area contributed by atoms with Crippen LogP contribution in [0.3, 0.4) is 0 Å². The Labute approximate surface area is 113 Å². The van der Waals surface area contributed by atoms with Gasteiger partial charge in [-0.2, -0.15) is 18.4 Å². The SMILES string of the molecule is N#CCCNC(=O)COc1ccc(C(F)(F)F)cc1N. The van der Waals surface area contributed by atoms with Crippen LogP contribution < -0.4 is 15.8 Å². The van der Waals surface area contributed by atoms with Crippen LogP contribution in [0.1, 0.15) is 12.0 Å². The predicted molar refractivity (Wildman–Crippen MR) is 64.6 cm³/mol. The molecular formula is C12H12F3N3O2. The number of nitrogens with zero attached hydrogens (tertiary/aromatic N) is 1. The van der Waals surface area contributed by atoms with Crippen LogP contribution in [-0.4, -0.2) is 19.1 Å². The molecule has 0 bridgehead atoms. The van der Waals surface area contributed by atoms with E-state index in [9.17, 15) is 18.0 Å². The average molecular weight is 287 g/mol. The standard InChI is InChI=1S/C12H12F3N3O2/c13-12(14,15)8-2-3-10(9(17)6-8)20-7-11(19)18-5-1-4-16/h2-3,6H,1,5,7,17H2,(H,18,19). The van der Waals surface area contributed by atoms with Gasteiger partial charge in [0.25, 0.3) is 5.91 Å². The zero-order valence-electron chi connectivity index (χ0n) is 10.3. The maximum absolute atomic E-state index is 12.4.